The normalized spacial score (nSPS) is 12.4. The summed E-state index contributed by atoms with van der Waals surface area (Å²) in [6.07, 6.45) is 3.67. The van der Waals surface area contributed by atoms with E-state index in [-0.39, 0.29) is 6.04 Å². The fraction of sp³-hybridized carbons (Fsp3) is 0.412. The van der Waals surface area contributed by atoms with Crippen LogP contribution in [0.2, 0.25) is 0 Å². The molecule has 0 aliphatic rings. The van der Waals surface area contributed by atoms with Crippen molar-refractivity contribution in [3.8, 4) is 5.75 Å². The van der Waals surface area contributed by atoms with Crippen molar-refractivity contribution < 1.29 is 9.15 Å². The topological polar surface area (TPSA) is 34.4 Å². The van der Waals surface area contributed by atoms with Crippen LogP contribution in [0.1, 0.15) is 36.3 Å². The third-order valence-electron chi connectivity index (χ3n) is 3.53. The first-order valence-corrected chi connectivity index (χ1v) is 8.04. The number of furan rings is 1. The molecular weight excluding hydrogens is 330 g/mol. The van der Waals surface area contributed by atoms with E-state index < -0.39 is 0 Å². The second kappa shape index (κ2) is 7.66. The SMILES string of the molecule is CCCNC(Cc1cc(Br)ccc1OC)c1occc1C. The molecule has 0 saturated heterocycles. The molecule has 1 N–H and O–H groups in total. The van der Waals surface area contributed by atoms with Crippen LogP contribution >= 0.6 is 15.9 Å². The first-order chi connectivity index (χ1) is 10.2. The number of benzene rings is 1. The van der Waals surface area contributed by atoms with Gasteiger partial charge in [0.2, 0.25) is 0 Å². The van der Waals surface area contributed by atoms with Crippen LogP contribution in [0.15, 0.2) is 39.4 Å². The molecule has 0 bridgehead atoms. The molecule has 1 aromatic heterocycles. The van der Waals surface area contributed by atoms with Crippen molar-refractivity contribution in [2.45, 2.75) is 32.7 Å². The Morgan fingerprint density at radius 2 is 2.14 bits per heavy atom. The number of hydrogen-bond donors (Lipinski definition) is 1. The largest absolute Gasteiger partial charge is 0.496 e. The Labute approximate surface area is 134 Å². The lowest BCUT2D eigenvalue weighted by molar-refractivity contribution is 0.388. The highest BCUT2D eigenvalue weighted by molar-refractivity contribution is 9.10. The minimum Gasteiger partial charge on any atom is -0.496 e. The molecule has 3 nitrogen and oxygen atoms in total. The van der Waals surface area contributed by atoms with E-state index in [4.69, 9.17) is 9.15 Å². The number of aryl methyl sites for hydroxylation is 1. The van der Waals surface area contributed by atoms with E-state index in [1.165, 1.54) is 5.56 Å². The number of hydrogen-bond acceptors (Lipinski definition) is 3. The number of methoxy groups -OCH3 is 1. The Morgan fingerprint density at radius 3 is 2.76 bits per heavy atom. The van der Waals surface area contributed by atoms with E-state index in [0.29, 0.717) is 0 Å². The van der Waals surface area contributed by atoms with Gasteiger partial charge >= 0.3 is 0 Å². The van der Waals surface area contributed by atoms with Gasteiger partial charge in [0.15, 0.2) is 0 Å². The monoisotopic (exact) mass is 351 g/mol. The van der Waals surface area contributed by atoms with E-state index in [0.717, 1.165) is 40.9 Å². The predicted octanol–water partition coefficient (Wildman–Crippen LogP) is 4.64. The highest BCUT2D eigenvalue weighted by Crippen LogP contribution is 2.29. The highest BCUT2D eigenvalue weighted by Gasteiger charge is 2.19. The first kappa shape index (κ1) is 16.1. The Morgan fingerprint density at radius 1 is 1.33 bits per heavy atom. The van der Waals surface area contributed by atoms with Crippen LogP contribution in [0.3, 0.4) is 0 Å². The molecule has 0 fully saturated rings. The highest BCUT2D eigenvalue weighted by atomic mass is 79.9. The Balaban J connectivity index is 2.26. The minimum absolute atomic E-state index is 0.156. The number of ether oxygens (including phenoxy) is 1. The molecule has 0 aliphatic heterocycles. The zero-order chi connectivity index (χ0) is 15.2. The van der Waals surface area contributed by atoms with Crippen LogP contribution in [-0.4, -0.2) is 13.7 Å². The molecule has 0 amide bonds. The third-order valence-corrected chi connectivity index (χ3v) is 4.02. The van der Waals surface area contributed by atoms with Gasteiger partial charge in [0.25, 0.3) is 0 Å². The second-order valence-corrected chi connectivity index (χ2v) is 6.05. The molecule has 0 saturated carbocycles. The quantitative estimate of drug-likeness (QED) is 0.788. The zero-order valence-electron chi connectivity index (χ0n) is 12.8. The van der Waals surface area contributed by atoms with Gasteiger partial charge in [0.05, 0.1) is 19.4 Å². The number of rotatable bonds is 7. The average Bonchev–Trinajstić information content (AvgIpc) is 2.90. The molecule has 0 radical (unpaired) electrons. The molecule has 1 unspecified atom stereocenters. The standard InChI is InChI=1S/C17H22BrNO2/c1-4-8-19-15(17-12(2)7-9-21-17)11-13-10-14(18)5-6-16(13)20-3/h5-7,9-10,15,19H,4,8,11H2,1-3H3. The molecule has 0 spiro atoms. The molecule has 21 heavy (non-hydrogen) atoms. The summed E-state index contributed by atoms with van der Waals surface area (Å²) in [6, 6.07) is 8.26. The summed E-state index contributed by atoms with van der Waals surface area (Å²) in [5.74, 6) is 1.91. The maximum atomic E-state index is 5.68. The van der Waals surface area contributed by atoms with Gasteiger partial charge in [0, 0.05) is 4.47 Å². The van der Waals surface area contributed by atoms with Crippen molar-refractivity contribution in [3.05, 3.63) is 51.9 Å². The van der Waals surface area contributed by atoms with Crippen LogP contribution in [0.25, 0.3) is 0 Å². The number of halogens is 1. The maximum absolute atomic E-state index is 5.68. The van der Waals surface area contributed by atoms with Gasteiger partial charge < -0.3 is 14.5 Å². The third kappa shape index (κ3) is 4.11. The molecule has 1 atom stereocenters. The summed E-state index contributed by atoms with van der Waals surface area (Å²) in [6.45, 7) is 5.21. The van der Waals surface area contributed by atoms with Crippen molar-refractivity contribution in [1.82, 2.24) is 5.32 Å². The molecule has 4 heteroatoms. The summed E-state index contributed by atoms with van der Waals surface area (Å²) in [7, 11) is 1.71. The van der Waals surface area contributed by atoms with Crippen molar-refractivity contribution in [2.24, 2.45) is 0 Å². The van der Waals surface area contributed by atoms with E-state index >= 15 is 0 Å². The van der Waals surface area contributed by atoms with Crippen LogP contribution in [-0.2, 0) is 6.42 Å². The molecule has 1 heterocycles. The summed E-state index contributed by atoms with van der Waals surface area (Å²) in [5, 5.41) is 3.57. The summed E-state index contributed by atoms with van der Waals surface area (Å²) >= 11 is 3.53. The molecule has 114 valence electrons. The maximum Gasteiger partial charge on any atom is 0.123 e. The lowest BCUT2D eigenvalue weighted by atomic mass is 10.0. The van der Waals surface area contributed by atoms with Gasteiger partial charge in [-0.25, -0.2) is 0 Å². The summed E-state index contributed by atoms with van der Waals surface area (Å²) in [4.78, 5) is 0. The van der Waals surface area contributed by atoms with Crippen LogP contribution in [0, 0.1) is 6.92 Å². The molecule has 0 aliphatic carbocycles. The van der Waals surface area contributed by atoms with Gasteiger partial charge in [0.1, 0.15) is 11.5 Å². The predicted molar refractivity (Wildman–Crippen MR) is 88.9 cm³/mol. The lowest BCUT2D eigenvalue weighted by Crippen LogP contribution is -2.24. The van der Waals surface area contributed by atoms with Gasteiger partial charge in [-0.15, -0.1) is 0 Å². The Hall–Kier alpha value is -1.26. The van der Waals surface area contributed by atoms with Crippen molar-refractivity contribution in [2.75, 3.05) is 13.7 Å². The van der Waals surface area contributed by atoms with E-state index in [2.05, 4.69) is 41.2 Å². The Kier molecular flexibility index (Phi) is 5.88. The van der Waals surface area contributed by atoms with Crippen LogP contribution in [0.5, 0.6) is 5.75 Å². The van der Waals surface area contributed by atoms with Gasteiger partial charge in [-0.05, 0) is 61.7 Å². The molecular formula is C17H22BrNO2. The first-order valence-electron chi connectivity index (χ1n) is 7.25. The van der Waals surface area contributed by atoms with E-state index in [1.807, 2.05) is 18.2 Å². The van der Waals surface area contributed by atoms with E-state index in [1.54, 1.807) is 13.4 Å². The van der Waals surface area contributed by atoms with Crippen LogP contribution in [0.4, 0.5) is 0 Å². The average molecular weight is 352 g/mol. The number of nitrogens with one attached hydrogen (secondary N) is 1. The molecule has 2 rings (SSSR count). The summed E-state index contributed by atoms with van der Waals surface area (Å²) < 4.78 is 12.2. The van der Waals surface area contributed by atoms with Gasteiger partial charge in [-0.1, -0.05) is 22.9 Å². The fourth-order valence-electron chi connectivity index (χ4n) is 2.44. The van der Waals surface area contributed by atoms with Crippen molar-refractivity contribution in [1.29, 1.82) is 0 Å². The van der Waals surface area contributed by atoms with E-state index in [9.17, 15) is 0 Å². The zero-order valence-corrected chi connectivity index (χ0v) is 14.4. The second-order valence-electron chi connectivity index (χ2n) is 5.13. The van der Waals surface area contributed by atoms with Crippen molar-refractivity contribution in [3.63, 3.8) is 0 Å². The van der Waals surface area contributed by atoms with Crippen LogP contribution < -0.4 is 10.1 Å². The van der Waals surface area contributed by atoms with Gasteiger partial charge in [-0.3, -0.25) is 0 Å². The van der Waals surface area contributed by atoms with Crippen molar-refractivity contribution >= 4 is 15.9 Å². The fourth-order valence-corrected chi connectivity index (χ4v) is 2.85. The van der Waals surface area contributed by atoms with Gasteiger partial charge in [-0.2, -0.15) is 0 Å². The summed E-state index contributed by atoms with van der Waals surface area (Å²) in [5.41, 5.74) is 2.34. The smallest absolute Gasteiger partial charge is 0.123 e. The Bertz CT molecular complexity index is 580. The molecule has 1 aromatic carbocycles. The minimum atomic E-state index is 0.156. The molecule has 2 aromatic rings. The lowest BCUT2D eigenvalue weighted by Gasteiger charge is -2.19.